The van der Waals surface area contributed by atoms with Crippen molar-refractivity contribution in [2.45, 2.75) is 44.2 Å². The quantitative estimate of drug-likeness (QED) is 0.847. The van der Waals surface area contributed by atoms with Gasteiger partial charge in [0.1, 0.15) is 5.54 Å². The van der Waals surface area contributed by atoms with E-state index in [0.29, 0.717) is 6.04 Å². The number of hydrogen-bond donors (Lipinski definition) is 1. The third-order valence-electron chi connectivity index (χ3n) is 4.40. The van der Waals surface area contributed by atoms with Gasteiger partial charge in [0.2, 0.25) is 0 Å². The molecule has 0 bridgehead atoms. The maximum Gasteiger partial charge on any atom is 0.330 e. The standard InChI is InChI=1S/C17H26N2O2/c1-17(16(20)21-4,18-14-7-5-6-8-14)13-9-11-15(12-10-13)19(2)3/h9-12,14,18H,5-8H2,1-4H3. The van der Waals surface area contributed by atoms with E-state index in [2.05, 4.69) is 5.32 Å². The molecule has 0 heterocycles. The predicted octanol–water partition coefficient (Wildman–Crippen LogP) is 2.67. The van der Waals surface area contributed by atoms with Gasteiger partial charge in [0.15, 0.2) is 0 Å². The van der Waals surface area contributed by atoms with Crippen LogP contribution in [0.25, 0.3) is 0 Å². The van der Waals surface area contributed by atoms with E-state index in [1.807, 2.05) is 50.2 Å². The highest BCUT2D eigenvalue weighted by Crippen LogP contribution is 2.29. The molecule has 1 aliphatic rings. The molecule has 0 amide bonds. The van der Waals surface area contributed by atoms with Crippen molar-refractivity contribution in [2.24, 2.45) is 0 Å². The molecule has 0 radical (unpaired) electrons. The number of rotatable bonds is 5. The molecule has 1 fully saturated rings. The van der Waals surface area contributed by atoms with E-state index >= 15 is 0 Å². The minimum atomic E-state index is -0.783. The minimum absolute atomic E-state index is 0.230. The van der Waals surface area contributed by atoms with Crippen molar-refractivity contribution in [2.75, 3.05) is 26.1 Å². The van der Waals surface area contributed by atoms with Crippen LogP contribution in [0.4, 0.5) is 5.69 Å². The van der Waals surface area contributed by atoms with E-state index in [1.54, 1.807) is 0 Å². The molecule has 4 nitrogen and oxygen atoms in total. The fraction of sp³-hybridized carbons (Fsp3) is 0.588. The average Bonchev–Trinajstić information content (AvgIpc) is 2.99. The summed E-state index contributed by atoms with van der Waals surface area (Å²) in [7, 11) is 5.46. The van der Waals surface area contributed by atoms with Crippen LogP contribution < -0.4 is 10.2 Å². The molecule has 0 aliphatic heterocycles. The molecule has 1 saturated carbocycles. The Morgan fingerprint density at radius 2 is 1.81 bits per heavy atom. The summed E-state index contributed by atoms with van der Waals surface area (Å²) in [5.74, 6) is -0.230. The predicted molar refractivity (Wildman–Crippen MR) is 85.5 cm³/mol. The van der Waals surface area contributed by atoms with Gasteiger partial charge in [-0.1, -0.05) is 25.0 Å². The molecular weight excluding hydrogens is 264 g/mol. The highest BCUT2D eigenvalue weighted by molar-refractivity contribution is 5.82. The summed E-state index contributed by atoms with van der Waals surface area (Å²) in [4.78, 5) is 14.4. The molecule has 0 spiro atoms. The molecule has 21 heavy (non-hydrogen) atoms. The molecule has 0 aromatic heterocycles. The first-order valence-corrected chi connectivity index (χ1v) is 7.61. The van der Waals surface area contributed by atoms with Crippen LogP contribution in [0.3, 0.4) is 0 Å². The number of nitrogens with zero attached hydrogens (tertiary/aromatic N) is 1. The molecule has 0 saturated heterocycles. The normalized spacial score (nSPS) is 18.3. The van der Waals surface area contributed by atoms with Crippen molar-refractivity contribution in [3.8, 4) is 0 Å². The number of carbonyl (C=O) groups excluding carboxylic acids is 1. The van der Waals surface area contributed by atoms with Crippen molar-refractivity contribution in [1.82, 2.24) is 5.32 Å². The van der Waals surface area contributed by atoms with E-state index in [1.165, 1.54) is 20.0 Å². The minimum Gasteiger partial charge on any atom is -0.467 e. The number of hydrogen-bond acceptors (Lipinski definition) is 4. The summed E-state index contributed by atoms with van der Waals surface area (Å²) < 4.78 is 5.05. The van der Waals surface area contributed by atoms with Crippen LogP contribution in [-0.4, -0.2) is 33.2 Å². The Morgan fingerprint density at radius 3 is 2.29 bits per heavy atom. The second kappa shape index (κ2) is 6.48. The van der Waals surface area contributed by atoms with Gasteiger partial charge in [-0.3, -0.25) is 5.32 Å². The topological polar surface area (TPSA) is 41.6 Å². The molecule has 1 aromatic rings. The van der Waals surface area contributed by atoms with Gasteiger partial charge in [-0.25, -0.2) is 4.79 Å². The fourth-order valence-corrected chi connectivity index (χ4v) is 3.04. The number of methoxy groups -OCH3 is 1. The first-order chi connectivity index (χ1) is 9.97. The smallest absolute Gasteiger partial charge is 0.330 e. The summed E-state index contributed by atoms with van der Waals surface area (Å²) in [6.45, 7) is 1.92. The summed E-state index contributed by atoms with van der Waals surface area (Å²) in [5, 5.41) is 3.52. The Balaban J connectivity index is 2.27. The lowest BCUT2D eigenvalue weighted by atomic mass is 9.90. The van der Waals surface area contributed by atoms with Crippen molar-refractivity contribution in [3.05, 3.63) is 29.8 Å². The van der Waals surface area contributed by atoms with E-state index in [4.69, 9.17) is 4.74 Å². The summed E-state index contributed by atoms with van der Waals surface area (Å²) >= 11 is 0. The molecule has 1 atom stereocenters. The van der Waals surface area contributed by atoms with Crippen LogP contribution in [-0.2, 0) is 15.1 Å². The van der Waals surface area contributed by atoms with Crippen LogP contribution in [0.5, 0.6) is 0 Å². The summed E-state index contributed by atoms with van der Waals surface area (Å²) in [6.07, 6.45) is 4.72. The molecule has 1 unspecified atom stereocenters. The first-order valence-electron chi connectivity index (χ1n) is 7.61. The lowest BCUT2D eigenvalue weighted by Gasteiger charge is -2.32. The van der Waals surface area contributed by atoms with Crippen LogP contribution in [0.1, 0.15) is 38.2 Å². The molecule has 116 valence electrons. The van der Waals surface area contributed by atoms with Gasteiger partial charge in [0.25, 0.3) is 0 Å². The lowest BCUT2D eigenvalue weighted by Crippen LogP contribution is -2.51. The van der Waals surface area contributed by atoms with Gasteiger partial charge >= 0.3 is 5.97 Å². The van der Waals surface area contributed by atoms with Crippen LogP contribution in [0.2, 0.25) is 0 Å². The van der Waals surface area contributed by atoms with Gasteiger partial charge in [-0.05, 0) is 37.5 Å². The van der Waals surface area contributed by atoms with Crippen LogP contribution in [0, 0.1) is 0 Å². The van der Waals surface area contributed by atoms with Gasteiger partial charge in [0.05, 0.1) is 7.11 Å². The van der Waals surface area contributed by atoms with E-state index in [0.717, 1.165) is 24.1 Å². The number of benzene rings is 1. The highest BCUT2D eigenvalue weighted by atomic mass is 16.5. The zero-order chi connectivity index (χ0) is 15.5. The second-order valence-corrected chi connectivity index (χ2v) is 6.18. The Bertz CT molecular complexity index is 478. The molecule has 1 aliphatic carbocycles. The van der Waals surface area contributed by atoms with Crippen molar-refractivity contribution >= 4 is 11.7 Å². The molecular formula is C17H26N2O2. The Hall–Kier alpha value is -1.55. The Morgan fingerprint density at radius 1 is 1.24 bits per heavy atom. The lowest BCUT2D eigenvalue weighted by molar-refractivity contribution is -0.148. The zero-order valence-corrected chi connectivity index (χ0v) is 13.5. The number of ether oxygens (including phenoxy) is 1. The van der Waals surface area contributed by atoms with Gasteiger partial charge in [-0.2, -0.15) is 0 Å². The molecule has 4 heteroatoms. The third-order valence-corrected chi connectivity index (χ3v) is 4.40. The number of anilines is 1. The SMILES string of the molecule is COC(=O)C(C)(NC1CCCC1)c1ccc(N(C)C)cc1. The average molecular weight is 290 g/mol. The monoisotopic (exact) mass is 290 g/mol. The Kier molecular flexibility index (Phi) is 4.88. The molecule has 1 aromatic carbocycles. The Labute approximate surface area is 127 Å². The number of esters is 1. The van der Waals surface area contributed by atoms with Crippen LogP contribution >= 0.6 is 0 Å². The van der Waals surface area contributed by atoms with E-state index in [9.17, 15) is 4.79 Å². The summed E-state index contributed by atoms with van der Waals surface area (Å²) in [5.41, 5.74) is 1.29. The zero-order valence-electron chi connectivity index (χ0n) is 13.5. The van der Waals surface area contributed by atoms with E-state index in [-0.39, 0.29) is 5.97 Å². The van der Waals surface area contributed by atoms with Gasteiger partial charge in [0, 0.05) is 25.8 Å². The van der Waals surface area contributed by atoms with Crippen molar-refractivity contribution in [1.29, 1.82) is 0 Å². The maximum absolute atomic E-state index is 12.3. The number of carbonyl (C=O) groups is 1. The first kappa shape index (κ1) is 15.8. The third kappa shape index (κ3) is 3.38. The maximum atomic E-state index is 12.3. The molecule has 2 rings (SSSR count). The second-order valence-electron chi connectivity index (χ2n) is 6.18. The van der Waals surface area contributed by atoms with Crippen LogP contribution in [0.15, 0.2) is 24.3 Å². The fourth-order valence-electron chi connectivity index (χ4n) is 3.04. The summed E-state index contributed by atoms with van der Waals surface area (Å²) in [6, 6.07) is 8.48. The van der Waals surface area contributed by atoms with Crippen molar-refractivity contribution in [3.63, 3.8) is 0 Å². The largest absolute Gasteiger partial charge is 0.467 e. The molecule has 1 N–H and O–H groups in total. The highest BCUT2D eigenvalue weighted by Gasteiger charge is 2.38. The van der Waals surface area contributed by atoms with Crippen molar-refractivity contribution < 1.29 is 9.53 Å². The van der Waals surface area contributed by atoms with E-state index < -0.39 is 5.54 Å². The van der Waals surface area contributed by atoms with Gasteiger partial charge < -0.3 is 9.64 Å². The number of nitrogens with one attached hydrogen (secondary N) is 1. The van der Waals surface area contributed by atoms with Gasteiger partial charge in [-0.15, -0.1) is 0 Å².